The Morgan fingerprint density at radius 2 is 1.79 bits per heavy atom. The third kappa shape index (κ3) is 4.97. The molecule has 0 fully saturated rings. The normalized spacial score (nSPS) is 9.79. The Hall–Kier alpha value is -2.08. The number of amides is 2. The topological polar surface area (TPSA) is 93.4 Å². The first-order valence-corrected chi connectivity index (χ1v) is 6.07. The summed E-state index contributed by atoms with van der Waals surface area (Å²) in [7, 11) is 1.59. The predicted molar refractivity (Wildman–Crippen MR) is 71.8 cm³/mol. The molecule has 0 aromatic heterocycles. The molecule has 6 heteroatoms. The van der Waals surface area contributed by atoms with Crippen LogP contribution in [-0.4, -0.2) is 38.6 Å². The number of nitrogens with one attached hydrogen (secondary N) is 2. The number of benzene rings is 1. The number of carbonyl (C=O) groups is 2. The van der Waals surface area contributed by atoms with E-state index in [4.69, 9.17) is 10.5 Å². The maximum absolute atomic E-state index is 11.4. The van der Waals surface area contributed by atoms with Crippen LogP contribution in [0.25, 0.3) is 0 Å². The second kappa shape index (κ2) is 8.10. The Kier molecular flexibility index (Phi) is 6.38. The number of methoxy groups -OCH3 is 1. The van der Waals surface area contributed by atoms with E-state index in [0.29, 0.717) is 26.1 Å². The van der Waals surface area contributed by atoms with Gasteiger partial charge in [-0.05, 0) is 18.1 Å². The van der Waals surface area contributed by atoms with Gasteiger partial charge in [0.25, 0.3) is 0 Å². The van der Waals surface area contributed by atoms with E-state index in [-0.39, 0.29) is 0 Å². The number of rotatable bonds is 6. The molecular formula is C13H19N3O3. The van der Waals surface area contributed by atoms with Gasteiger partial charge in [0.1, 0.15) is 5.75 Å². The maximum Gasteiger partial charge on any atom is 0.309 e. The molecule has 0 saturated heterocycles. The summed E-state index contributed by atoms with van der Waals surface area (Å²) in [6.07, 6.45) is 0.597. The van der Waals surface area contributed by atoms with Crippen LogP contribution in [0.2, 0.25) is 0 Å². The molecule has 1 aromatic rings. The Bertz CT molecular complexity index is 435. The molecule has 0 aliphatic rings. The Morgan fingerprint density at radius 1 is 1.16 bits per heavy atom. The fourth-order valence-electron chi connectivity index (χ4n) is 1.57. The van der Waals surface area contributed by atoms with Gasteiger partial charge < -0.3 is 21.1 Å². The summed E-state index contributed by atoms with van der Waals surface area (Å²) >= 11 is 0. The summed E-state index contributed by atoms with van der Waals surface area (Å²) < 4.78 is 5.20. The van der Waals surface area contributed by atoms with Crippen LogP contribution in [-0.2, 0) is 16.0 Å². The molecule has 0 atom stereocenters. The Labute approximate surface area is 112 Å². The monoisotopic (exact) mass is 265 g/mol. The van der Waals surface area contributed by atoms with Crippen molar-refractivity contribution in [2.45, 2.75) is 6.42 Å². The SMILES string of the molecule is COc1ccccc1CCNC(=O)C(=O)NCCN. The van der Waals surface area contributed by atoms with Crippen LogP contribution in [0.1, 0.15) is 5.56 Å². The van der Waals surface area contributed by atoms with Crippen molar-refractivity contribution in [3.63, 3.8) is 0 Å². The van der Waals surface area contributed by atoms with Crippen LogP contribution in [0.4, 0.5) is 0 Å². The number of para-hydroxylation sites is 1. The number of hydrogen-bond donors (Lipinski definition) is 3. The summed E-state index contributed by atoms with van der Waals surface area (Å²) in [5.74, 6) is -0.543. The van der Waals surface area contributed by atoms with Gasteiger partial charge in [-0.1, -0.05) is 18.2 Å². The van der Waals surface area contributed by atoms with Gasteiger partial charge >= 0.3 is 11.8 Å². The van der Waals surface area contributed by atoms with Gasteiger partial charge in [0, 0.05) is 19.6 Å². The smallest absolute Gasteiger partial charge is 0.309 e. The zero-order valence-corrected chi connectivity index (χ0v) is 10.9. The van der Waals surface area contributed by atoms with Crippen LogP contribution in [0.3, 0.4) is 0 Å². The second-order valence-electron chi connectivity index (χ2n) is 3.86. The quantitative estimate of drug-likeness (QED) is 0.600. The van der Waals surface area contributed by atoms with Gasteiger partial charge in [0.15, 0.2) is 0 Å². The summed E-state index contributed by atoms with van der Waals surface area (Å²) in [5, 5.41) is 4.95. The summed E-state index contributed by atoms with van der Waals surface area (Å²) in [4.78, 5) is 22.7. The van der Waals surface area contributed by atoms with E-state index < -0.39 is 11.8 Å². The molecule has 0 aliphatic carbocycles. The number of nitrogens with two attached hydrogens (primary N) is 1. The highest BCUT2D eigenvalue weighted by Crippen LogP contribution is 2.17. The van der Waals surface area contributed by atoms with E-state index >= 15 is 0 Å². The Balaban J connectivity index is 2.37. The highest BCUT2D eigenvalue weighted by Gasteiger charge is 2.11. The van der Waals surface area contributed by atoms with Crippen molar-refractivity contribution in [3.8, 4) is 5.75 Å². The lowest BCUT2D eigenvalue weighted by Crippen LogP contribution is -2.42. The summed E-state index contributed by atoms with van der Waals surface area (Å²) in [6, 6.07) is 7.54. The van der Waals surface area contributed by atoms with Gasteiger partial charge in [-0.25, -0.2) is 0 Å². The highest BCUT2D eigenvalue weighted by molar-refractivity contribution is 6.35. The summed E-state index contributed by atoms with van der Waals surface area (Å²) in [5.41, 5.74) is 6.20. The molecule has 19 heavy (non-hydrogen) atoms. The largest absolute Gasteiger partial charge is 0.496 e. The van der Waals surface area contributed by atoms with E-state index in [2.05, 4.69) is 10.6 Å². The van der Waals surface area contributed by atoms with Crippen LogP contribution in [0.5, 0.6) is 5.75 Å². The lowest BCUT2D eigenvalue weighted by Gasteiger charge is -2.09. The van der Waals surface area contributed by atoms with Crippen LogP contribution < -0.4 is 21.1 Å². The lowest BCUT2D eigenvalue weighted by molar-refractivity contribution is -0.139. The molecule has 0 radical (unpaired) electrons. The van der Waals surface area contributed by atoms with Crippen molar-refractivity contribution in [2.24, 2.45) is 5.73 Å². The van der Waals surface area contributed by atoms with Crippen molar-refractivity contribution in [1.29, 1.82) is 0 Å². The molecule has 0 aliphatic heterocycles. The van der Waals surface area contributed by atoms with Crippen LogP contribution >= 0.6 is 0 Å². The molecule has 6 nitrogen and oxygen atoms in total. The second-order valence-corrected chi connectivity index (χ2v) is 3.86. The number of ether oxygens (including phenoxy) is 1. The van der Waals surface area contributed by atoms with Crippen molar-refractivity contribution in [3.05, 3.63) is 29.8 Å². The third-order valence-electron chi connectivity index (χ3n) is 2.51. The van der Waals surface area contributed by atoms with Gasteiger partial charge in [0.2, 0.25) is 0 Å². The van der Waals surface area contributed by atoms with Crippen molar-refractivity contribution >= 4 is 11.8 Å². The van der Waals surface area contributed by atoms with Crippen molar-refractivity contribution < 1.29 is 14.3 Å². The molecular weight excluding hydrogens is 246 g/mol. The molecule has 2 amide bonds. The van der Waals surface area contributed by atoms with Gasteiger partial charge in [-0.3, -0.25) is 9.59 Å². The van der Waals surface area contributed by atoms with E-state index in [9.17, 15) is 9.59 Å². The van der Waals surface area contributed by atoms with Gasteiger partial charge in [-0.15, -0.1) is 0 Å². The van der Waals surface area contributed by atoms with Gasteiger partial charge in [-0.2, -0.15) is 0 Å². The zero-order chi connectivity index (χ0) is 14.1. The van der Waals surface area contributed by atoms with Gasteiger partial charge in [0.05, 0.1) is 7.11 Å². The molecule has 1 rings (SSSR count). The first-order chi connectivity index (χ1) is 9.19. The minimum Gasteiger partial charge on any atom is -0.496 e. The minimum absolute atomic E-state index is 0.290. The molecule has 104 valence electrons. The first-order valence-electron chi connectivity index (χ1n) is 6.07. The van der Waals surface area contributed by atoms with E-state index in [1.165, 1.54) is 0 Å². The molecule has 0 bridgehead atoms. The molecule has 0 saturated carbocycles. The first kappa shape index (κ1) is 15.0. The van der Waals surface area contributed by atoms with Crippen molar-refractivity contribution in [1.82, 2.24) is 10.6 Å². The molecule has 0 unspecified atom stereocenters. The van der Waals surface area contributed by atoms with Crippen molar-refractivity contribution in [2.75, 3.05) is 26.7 Å². The maximum atomic E-state index is 11.4. The lowest BCUT2D eigenvalue weighted by atomic mass is 10.1. The van der Waals surface area contributed by atoms with E-state index in [1.54, 1.807) is 7.11 Å². The van der Waals surface area contributed by atoms with E-state index in [1.807, 2.05) is 24.3 Å². The summed E-state index contributed by atoms with van der Waals surface area (Å²) in [6.45, 7) is 0.967. The average molecular weight is 265 g/mol. The molecule has 0 spiro atoms. The number of carbonyl (C=O) groups excluding carboxylic acids is 2. The van der Waals surface area contributed by atoms with Crippen LogP contribution in [0, 0.1) is 0 Å². The fraction of sp³-hybridized carbons (Fsp3) is 0.385. The molecule has 0 heterocycles. The number of hydrogen-bond acceptors (Lipinski definition) is 4. The van der Waals surface area contributed by atoms with Crippen LogP contribution in [0.15, 0.2) is 24.3 Å². The fourth-order valence-corrected chi connectivity index (χ4v) is 1.57. The molecule has 1 aromatic carbocycles. The standard InChI is InChI=1S/C13H19N3O3/c1-19-11-5-3-2-4-10(11)6-8-15-12(17)13(18)16-9-7-14/h2-5H,6-9,14H2,1H3,(H,15,17)(H,16,18). The minimum atomic E-state index is -0.662. The highest BCUT2D eigenvalue weighted by atomic mass is 16.5. The zero-order valence-electron chi connectivity index (χ0n) is 10.9. The third-order valence-corrected chi connectivity index (χ3v) is 2.51. The molecule has 4 N–H and O–H groups in total. The Morgan fingerprint density at radius 3 is 2.42 bits per heavy atom. The average Bonchev–Trinajstić information content (AvgIpc) is 2.45. The predicted octanol–water partition coefficient (Wildman–Crippen LogP) is -0.571. The van der Waals surface area contributed by atoms with E-state index in [0.717, 1.165) is 11.3 Å².